The highest BCUT2D eigenvalue weighted by Gasteiger charge is 2.21. The van der Waals surface area contributed by atoms with Crippen LogP contribution in [0.15, 0.2) is 46.2 Å². The molecule has 0 radical (unpaired) electrons. The van der Waals surface area contributed by atoms with Gasteiger partial charge in [0.1, 0.15) is 0 Å². The van der Waals surface area contributed by atoms with E-state index in [9.17, 15) is 18.0 Å². The molecule has 28 heavy (non-hydrogen) atoms. The molecule has 1 aliphatic heterocycles. The first-order valence-corrected chi connectivity index (χ1v) is 11.6. The second-order valence-corrected chi connectivity index (χ2v) is 9.70. The molecule has 0 fully saturated rings. The van der Waals surface area contributed by atoms with Gasteiger partial charge in [0.25, 0.3) is 0 Å². The van der Waals surface area contributed by atoms with Gasteiger partial charge in [-0.25, -0.2) is 8.42 Å². The zero-order chi connectivity index (χ0) is 20.3. The zero-order valence-corrected chi connectivity index (χ0v) is 17.4. The second-order valence-electron chi connectivity index (χ2n) is 6.57. The Hall–Kier alpha value is -2.32. The van der Waals surface area contributed by atoms with Crippen molar-refractivity contribution in [3.8, 4) is 0 Å². The van der Waals surface area contributed by atoms with Crippen molar-refractivity contribution in [3.05, 3.63) is 47.5 Å². The van der Waals surface area contributed by atoms with Gasteiger partial charge in [0.05, 0.1) is 22.1 Å². The highest BCUT2D eigenvalue weighted by atomic mass is 32.2. The molecule has 1 aliphatic rings. The van der Waals surface area contributed by atoms with E-state index in [1.165, 1.54) is 17.8 Å². The van der Waals surface area contributed by atoms with Gasteiger partial charge >= 0.3 is 0 Å². The molecule has 0 aliphatic carbocycles. The van der Waals surface area contributed by atoms with Crippen molar-refractivity contribution in [2.24, 2.45) is 0 Å². The second kappa shape index (κ2) is 8.36. The van der Waals surface area contributed by atoms with E-state index in [0.29, 0.717) is 5.69 Å². The van der Waals surface area contributed by atoms with Gasteiger partial charge in [-0.3, -0.25) is 9.59 Å². The molecule has 3 rings (SSSR count). The van der Waals surface area contributed by atoms with E-state index in [1.807, 2.05) is 32.0 Å². The number of fused-ring (bicyclic) bond motifs is 1. The van der Waals surface area contributed by atoms with Crippen molar-refractivity contribution in [1.82, 2.24) is 0 Å². The maximum Gasteiger partial charge on any atom is 0.234 e. The molecule has 2 aromatic carbocycles. The molecule has 2 amide bonds. The highest BCUT2D eigenvalue weighted by molar-refractivity contribution is 8.00. The van der Waals surface area contributed by atoms with Crippen LogP contribution in [-0.4, -0.2) is 31.7 Å². The van der Waals surface area contributed by atoms with Crippen molar-refractivity contribution >= 4 is 44.8 Å². The van der Waals surface area contributed by atoms with Gasteiger partial charge in [-0.15, -0.1) is 11.8 Å². The van der Waals surface area contributed by atoms with E-state index in [2.05, 4.69) is 10.6 Å². The minimum atomic E-state index is -3.61. The first-order chi connectivity index (χ1) is 13.3. The van der Waals surface area contributed by atoms with Crippen molar-refractivity contribution in [3.63, 3.8) is 0 Å². The number of hydrogen-bond acceptors (Lipinski definition) is 5. The fourth-order valence-corrected chi connectivity index (χ4v) is 5.18. The van der Waals surface area contributed by atoms with Crippen molar-refractivity contribution < 1.29 is 18.0 Å². The average molecular weight is 419 g/mol. The number of amides is 2. The Labute approximate surface area is 169 Å². The minimum absolute atomic E-state index is 0.104. The van der Waals surface area contributed by atoms with Crippen LogP contribution in [0, 0.1) is 6.92 Å². The smallest absolute Gasteiger partial charge is 0.234 e. The van der Waals surface area contributed by atoms with Crippen LogP contribution >= 0.6 is 11.8 Å². The summed E-state index contributed by atoms with van der Waals surface area (Å²) in [5.41, 5.74) is 3.34. The number of aryl methyl sites for hydroxylation is 2. The lowest BCUT2D eigenvalue weighted by Gasteiger charge is -2.17. The van der Waals surface area contributed by atoms with Crippen LogP contribution in [-0.2, 0) is 25.8 Å². The zero-order valence-electron chi connectivity index (χ0n) is 15.7. The van der Waals surface area contributed by atoms with Gasteiger partial charge in [-0.05, 0) is 42.7 Å². The standard InChI is InChI=1S/C20H22N2O4S2/c1-3-14-6-4-5-13(2)20(14)22-18(23)9-10-28(25,26)15-7-8-16-17(11-15)27-12-19(24)21-16/h4-8,11H,3,9-10,12H2,1-2H3,(H,21,24)(H,22,23). The van der Waals surface area contributed by atoms with E-state index in [1.54, 1.807) is 12.1 Å². The third kappa shape index (κ3) is 4.56. The van der Waals surface area contributed by atoms with E-state index in [-0.39, 0.29) is 34.6 Å². The molecule has 6 nitrogen and oxygen atoms in total. The number of para-hydroxylation sites is 1. The maximum absolute atomic E-state index is 12.7. The summed E-state index contributed by atoms with van der Waals surface area (Å²) in [6, 6.07) is 10.4. The quantitative estimate of drug-likeness (QED) is 0.750. The fourth-order valence-electron chi connectivity index (χ4n) is 3.00. The lowest BCUT2D eigenvalue weighted by molar-refractivity contribution is -0.116. The molecule has 148 valence electrons. The number of carbonyl (C=O) groups is 2. The van der Waals surface area contributed by atoms with Crippen LogP contribution in [0.5, 0.6) is 0 Å². The number of rotatable bonds is 6. The van der Waals surface area contributed by atoms with Crippen LogP contribution in [0.3, 0.4) is 0 Å². The number of thioether (sulfide) groups is 1. The van der Waals surface area contributed by atoms with Crippen LogP contribution in [0.4, 0.5) is 11.4 Å². The van der Waals surface area contributed by atoms with E-state index < -0.39 is 9.84 Å². The molecule has 8 heteroatoms. The Balaban J connectivity index is 1.69. The molecular formula is C20H22N2O4S2. The predicted molar refractivity (Wildman–Crippen MR) is 112 cm³/mol. The number of anilines is 2. The summed E-state index contributed by atoms with van der Waals surface area (Å²) >= 11 is 1.30. The molecule has 0 unspecified atom stereocenters. The summed E-state index contributed by atoms with van der Waals surface area (Å²) in [4.78, 5) is 24.6. The molecule has 0 saturated carbocycles. The summed E-state index contributed by atoms with van der Waals surface area (Å²) in [6.45, 7) is 3.92. The Morgan fingerprint density at radius 3 is 2.79 bits per heavy atom. The van der Waals surface area contributed by atoms with Gasteiger partial charge in [0.15, 0.2) is 9.84 Å². The van der Waals surface area contributed by atoms with Gasteiger partial charge < -0.3 is 10.6 Å². The summed E-state index contributed by atoms with van der Waals surface area (Å²) in [5.74, 6) is -0.448. The number of carbonyl (C=O) groups excluding carboxylic acids is 2. The van der Waals surface area contributed by atoms with Crippen molar-refractivity contribution in [2.75, 3.05) is 22.1 Å². The SMILES string of the molecule is CCc1cccc(C)c1NC(=O)CCS(=O)(=O)c1ccc2c(c1)SCC(=O)N2. The third-order valence-electron chi connectivity index (χ3n) is 4.55. The summed E-state index contributed by atoms with van der Waals surface area (Å²) < 4.78 is 25.3. The largest absolute Gasteiger partial charge is 0.326 e. The Kier molecular flexibility index (Phi) is 6.10. The highest BCUT2D eigenvalue weighted by Crippen LogP contribution is 2.33. The Morgan fingerprint density at radius 1 is 1.25 bits per heavy atom. The first kappa shape index (κ1) is 20.4. The number of nitrogens with one attached hydrogen (secondary N) is 2. The van der Waals surface area contributed by atoms with Crippen LogP contribution in [0.2, 0.25) is 0 Å². The van der Waals surface area contributed by atoms with Crippen molar-refractivity contribution in [2.45, 2.75) is 36.5 Å². The topological polar surface area (TPSA) is 92.3 Å². The van der Waals surface area contributed by atoms with Gasteiger partial charge in [-0.1, -0.05) is 25.1 Å². The summed E-state index contributed by atoms with van der Waals surface area (Å²) in [5, 5.41) is 5.57. The molecule has 1 heterocycles. The molecule has 0 saturated heterocycles. The molecule has 2 N–H and O–H groups in total. The molecule has 0 atom stereocenters. The molecule has 2 aromatic rings. The van der Waals surface area contributed by atoms with Gasteiger partial charge in [0, 0.05) is 17.0 Å². The monoisotopic (exact) mass is 418 g/mol. The number of benzene rings is 2. The van der Waals surface area contributed by atoms with E-state index in [4.69, 9.17) is 0 Å². The number of sulfone groups is 1. The van der Waals surface area contributed by atoms with Crippen LogP contribution < -0.4 is 10.6 Å². The van der Waals surface area contributed by atoms with Crippen LogP contribution in [0.1, 0.15) is 24.5 Å². The minimum Gasteiger partial charge on any atom is -0.326 e. The Bertz CT molecular complexity index is 1030. The lowest BCUT2D eigenvalue weighted by Crippen LogP contribution is -2.20. The molecule has 0 bridgehead atoms. The first-order valence-electron chi connectivity index (χ1n) is 8.98. The molecule has 0 aromatic heterocycles. The summed E-state index contributed by atoms with van der Waals surface area (Å²) in [6.07, 6.45) is 0.652. The van der Waals surface area contributed by atoms with Gasteiger partial charge in [-0.2, -0.15) is 0 Å². The number of hydrogen-bond donors (Lipinski definition) is 2. The maximum atomic E-state index is 12.7. The average Bonchev–Trinajstić information content (AvgIpc) is 2.67. The lowest BCUT2D eigenvalue weighted by atomic mass is 10.1. The van der Waals surface area contributed by atoms with Gasteiger partial charge in [0.2, 0.25) is 11.8 Å². The van der Waals surface area contributed by atoms with Crippen LogP contribution in [0.25, 0.3) is 0 Å². The normalized spacial score (nSPS) is 13.6. The van der Waals surface area contributed by atoms with E-state index in [0.717, 1.165) is 28.1 Å². The molecular weight excluding hydrogens is 396 g/mol. The molecule has 0 spiro atoms. The van der Waals surface area contributed by atoms with E-state index >= 15 is 0 Å². The Morgan fingerprint density at radius 2 is 2.04 bits per heavy atom. The fraction of sp³-hybridized carbons (Fsp3) is 0.300. The van der Waals surface area contributed by atoms with Crippen molar-refractivity contribution in [1.29, 1.82) is 0 Å². The third-order valence-corrected chi connectivity index (χ3v) is 7.32. The summed E-state index contributed by atoms with van der Waals surface area (Å²) in [7, 11) is -3.61. The predicted octanol–water partition coefficient (Wildman–Crippen LogP) is 3.40.